The molecule has 0 aliphatic heterocycles. The van der Waals surface area contributed by atoms with Crippen LogP contribution in [0.25, 0.3) is 0 Å². The quantitative estimate of drug-likeness (QED) is 0.612. The Morgan fingerprint density at radius 3 is 2.10 bits per heavy atom. The fourth-order valence-electron chi connectivity index (χ4n) is 2.21. The van der Waals surface area contributed by atoms with Crippen molar-refractivity contribution in [2.24, 2.45) is 0 Å². The number of nitrogens with zero attached hydrogens (tertiary/aromatic N) is 2. The summed E-state index contributed by atoms with van der Waals surface area (Å²) in [7, 11) is 0. The molecule has 0 aromatic rings. The molecule has 1 unspecified atom stereocenters. The van der Waals surface area contributed by atoms with E-state index in [-0.39, 0.29) is 6.03 Å². The highest BCUT2D eigenvalue weighted by Crippen LogP contribution is 2.01. The molecule has 6 heteroatoms. The Morgan fingerprint density at radius 1 is 1.05 bits per heavy atom. The van der Waals surface area contributed by atoms with Gasteiger partial charge in [0.2, 0.25) is 0 Å². The molecular weight excluding hydrogens is 270 g/mol. The van der Waals surface area contributed by atoms with Gasteiger partial charge in [0, 0.05) is 13.1 Å². The van der Waals surface area contributed by atoms with Crippen molar-refractivity contribution in [3.8, 4) is 0 Å². The van der Waals surface area contributed by atoms with Gasteiger partial charge in [-0.15, -0.1) is 0 Å². The minimum Gasteiger partial charge on any atom is -0.480 e. The van der Waals surface area contributed by atoms with Crippen molar-refractivity contribution < 1.29 is 14.7 Å². The van der Waals surface area contributed by atoms with E-state index in [0.29, 0.717) is 19.5 Å². The van der Waals surface area contributed by atoms with Gasteiger partial charge in [0.15, 0.2) is 0 Å². The molecule has 0 heterocycles. The van der Waals surface area contributed by atoms with Crippen molar-refractivity contribution in [1.29, 1.82) is 0 Å². The molecule has 0 saturated heterocycles. The molecule has 0 aromatic heterocycles. The van der Waals surface area contributed by atoms with Crippen LogP contribution < -0.4 is 5.32 Å². The molecular formula is C15H31N3O3. The second-order valence-corrected chi connectivity index (χ2v) is 5.09. The molecule has 124 valence electrons. The van der Waals surface area contributed by atoms with Gasteiger partial charge in [0.25, 0.3) is 0 Å². The zero-order valence-corrected chi connectivity index (χ0v) is 13.9. The predicted octanol–water partition coefficient (Wildman–Crippen LogP) is 2.00. The van der Waals surface area contributed by atoms with Crippen LogP contribution in [0.2, 0.25) is 0 Å². The van der Waals surface area contributed by atoms with Gasteiger partial charge in [-0.2, -0.15) is 0 Å². The Hall–Kier alpha value is -1.30. The van der Waals surface area contributed by atoms with Crippen LogP contribution in [-0.2, 0) is 4.79 Å². The monoisotopic (exact) mass is 301 g/mol. The number of carbonyl (C=O) groups excluding carboxylic acids is 1. The SMILES string of the molecule is CCCC(NC(=O)N(CC)CCCN(CC)CC)C(=O)O. The number of amides is 2. The number of hydrogen-bond acceptors (Lipinski definition) is 3. The average Bonchev–Trinajstić information content (AvgIpc) is 2.46. The Kier molecular flexibility index (Phi) is 10.7. The molecule has 1 atom stereocenters. The Balaban J connectivity index is 4.31. The number of nitrogens with one attached hydrogen (secondary N) is 1. The van der Waals surface area contributed by atoms with E-state index in [2.05, 4.69) is 24.1 Å². The van der Waals surface area contributed by atoms with Crippen molar-refractivity contribution in [3.63, 3.8) is 0 Å². The van der Waals surface area contributed by atoms with Gasteiger partial charge in [-0.25, -0.2) is 9.59 Å². The maximum atomic E-state index is 12.1. The Bertz CT molecular complexity index is 307. The largest absolute Gasteiger partial charge is 0.480 e. The van der Waals surface area contributed by atoms with Gasteiger partial charge in [-0.3, -0.25) is 0 Å². The zero-order chi connectivity index (χ0) is 16.3. The molecule has 0 spiro atoms. The summed E-state index contributed by atoms with van der Waals surface area (Å²) in [6.07, 6.45) is 2.08. The number of carboxylic acid groups (broad SMARTS) is 1. The summed E-state index contributed by atoms with van der Waals surface area (Å²) in [5, 5.41) is 11.7. The summed E-state index contributed by atoms with van der Waals surface area (Å²) in [6, 6.07) is -1.07. The first-order valence-electron chi connectivity index (χ1n) is 8.00. The molecule has 0 bridgehead atoms. The van der Waals surface area contributed by atoms with Gasteiger partial charge in [0.1, 0.15) is 6.04 Å². The lowest BCUT2D eigenvalue weighted by molar-refractivity contribution is -0.139. The lowest BCUT2D eigenvalue weighted by Crippen LogP contribution is -2.48. The third-order valence-electron chi connectivity index (χ3n) is 3.64. The zero-order valence-electron chi connectivity index (χ0n) is 13.9. The van der Waals surface area contributed by atoms with Crippen LogP contribution in [0.5, 0.6) is 0 Å². The van der Waals surface area contributed by atoms with Gasteiger partial charge in [-0.1, -0.05) is 27.2 Å². The van der Waals surface area contributed by atoms with Crippen LogP contribution >= 0.6 is 0 Å². The maximum absolute atomic E-state index is 12.1. The molecule has 21 heavy (non-hydrogen) atoms. The van der Waals surface area contributed by atoms with E-state index in [1.807, 2.05) is 13.8 Å². The highest BCUT2D eigenvalue weighted by atomic mass is 16.4. The molecule has 0 saturated carbocycles. The standard InChI is InChI=1S/C15H31N3O3/c1-5-10-13(14(19)20)16-15(21)18(8-4)12-9-11-17(6-2)7-3/h13H,5-12H2,1-4H3,(H,16,21)(H,19,20). The van der Waals surface area contributed by atoms with Gasteiger partial charge in [-0.05, 0) is 39.4 Å². The van der Waals surface area contributed by atoms with Crippen LogP contribution in [-0.4, -0.2) is 65.7 Å². The van der Waals surface area contributed by atoms with Crippen LogP contribution in [0.4, 0.5) is 4.79 Å². The van der Waals surface area contributed by atoms with Crippen molar-refractivity contribution >= 4 is 12.0 Å². The lowest BCUT2D eigenvalue weighted by Gasteiger charge is -2.25. The fraction of sp³-hybridized carbons (Fsp3) is 0.867. The smallest absolute Gasteiger partial charge is 0.326 e. The summed E-state index contributed by atoms with van der Waals surface area (Å²) in [6.45, 7) is 12.3. The maximum Gasteiger partial charge on any atom is 0.326 e. The molecule has 0 fully saturated rings. The molecule has 2 N–H and O–H groups in total. The first-order chi connectivity index (χ1) is 9.99. The first kappa shape index (κ1) is 19.7. The molecule has 0 aromatic carbocycles. The Labute approximate surface area is 128 Å². The minimum atomic E-state index is -0.968. The van der Waals surface area contributed by atoms with E-state index in [4.69, 9.17) is 5.11 Å². The number of rotatable bonds is 11. The van der Waals surface area contributed by atoms with Crippen molar-refractivity contribution in [2.75, 3.05) is 32.7 Å². The topological polar surface area (TPSA) is 72.9 Å². The number of urea groups is 1. The van der Waals surface area contributed by atoms with Gasteiger partial charge in [0.05, 0.1) is 0 Å². The summed E-state index contributed by atoms with van der Waals surface area (Å²) in [5.74, 6) is -0.968. The van der Waals surface area contributed by atoms with Crippen LogP contribution in [0.3, 0.4) is 0 Å². The normalized spacial score (nSPS) is 12.2. The lowest BCUT2D eigenvalue weighted by atomic mass is 10.2. The third kappa shape index (κ3) is 7.90. The average molecular weight is 301 g/mol. The second-order valence-electron chi connectivity index (χ2n) is 5.09. The van der Waals surface area contributed by atoms with E-state index in [1.54, 1.807) is 4.90 Å². The minimum absolute atomic E-state index is 0.280. The second kappa shape index (κ2) is 11.4. The van der Waals surface area contributed by atoms with E-state index in [1.165, 1.54) is 0 Å². The summed E-state index contributed by atoms with van der Waals surface area (Å²) >= 11 is 0. The van der Waals surface area contributed by atoms with Crippen molar-refractivity contribution in [2.45, 2.75) is 53.0 Å². The number of carboxylic acids is 1. The summed E-state index contributed by atoms with van der Waals surface area (Å²) in [5.41, 5.74) is 0. The highest BCUT2D eigenvalue weighted by molar-refractivity contribution is 5.82. The number of aliphatic carboxylic acids is 1. The number of carbonyl (C=O) groups is 2. The van der Waals surface area contributed by atoms with Gasteiger partial charge < -0.3 is 20.2 Å². The fourth-order valence-corrected chi connectivity index (χ4v) is 2.21. The summed E-state index contributed by atoms with van der Waals surface area (Å²) < 4.78 is 0. The molecule has 0 aliphatic rings. The van der Waals surface area contributed by atoms with Crippen molar-refractivity contribution in [3.05, 3.63) is 0 Å². The highest BCUT2D eigenvalue weighted by Gasteiger charge is 2.21. The van der Waals surface area contributed by atoms with E-state index in [0.717, 1.165) is 32.5 Å². The van der Waals surface area contributed by atoms with Gasteiger partial charge >= 0.3 is 12.0 Å². The predicted molar refractivity (Wildman–Crippen MR) is 84.5 cm³/mol. The number of hydrogen-bond donors (Lipinski definition) is 2. The van der Waals surface area contributed by atoms with Crippen LogP contribution in [0, 0.1) is 0 Å². The van der Waals surface area contributed by atoms with Crippen LogP contribution in [0.1, 0.15) is 47.0 Å². The van der Waals surface area contributed by atoms with Crippen molar-refractivity contribution in [1.82, 2.24) is 15.1 Å². The molecule has 0 radical (unpaired) electrons. The third-order valence-corrected chi connectivity index (χ3v) is 3.64. The molecule has 0 rings (SSSR count). The molecule has 0 aliphatic carbocycles. The van der Waals surface area contributed by atoms with Crippen LogP contribution in [0.15, 0.2) is 0 Å². The summed E-state index contributed by atoms with van der Waals surface area (Å²) in [4.78, 5) is 27.2. The van der Waals surface area contributed by atoms with E-state index in [9.17, 15) is 9.59 Å². The first-order valence-corrected chi connectivity index (χ1v) is 8.00. The molecule has 6 nitrogen and oxygen atoms in total. The van der Waals surface area contributed by atoms with E-state index < -0.39 is 12.0 Å². The molecule has 2 amide bonds. The Morgan fingerprint density at radius 2 is 1.67 bits per heavy atom. The van der Waals surface area contributed by atoms with E-state index >= 15 is 0 Å².